The van der Waals surface area contributed by atoms with E-state index in [1.165, 1.54) is 12.0 Å². The lowest BCUT2D eigenvalue weighted by Crippen LogP contribution is -2.47. The van der Waals surface area contributed by atoms with Crippen LogP contribution in [-0.2, 0) is 14.3 Å². The van der Waals surface area contributed by atoms with Crippen LogP contribution in [0.15, 0.2) is 22.7 Å². The lowest BCUT2D eigenvalue weighted by atomic mass is 10.2. The Bertz CT molecular complexity index is 550. The van der Waals surface area contributed by atoms with Crippen molar-refractivity contribution < 1.29 is 19.1 Å². The van der Waals surface area contributed by atoms with Crippen LogP contribution in [0.3, 0.4) is 0 Å². The topological polar surface area (TPSA) is 55.8 Å². The molecule has 122 valence electrons. The molecule has 0 aromatic heterocycles. The van der Waals surface area contributed by atoms with Crippen LogP contribution in [0.1, 0.15) is 20.8 Å². The van der Waals surface area contributed by atoms with Crippen molar-refractivity contribution in [1.82, 2.24) is 4.90 Å². The fourth-order valence-corrected chi connectivity index (χ4v) is 2.54. The first-order valence-electron chi connectivity index (χ1n) is 6.75. The number of carbonyl (C=O) groups is 2. The lowest BCUT2D eigenvalue weighted by molar-refractivity contribution is -0.151. The van der Waals surface area contributed by atoms with E-state index >= 15 is 0 Å². The molecular weight excluding hydrogens is 374 g/mol. The van der Waals surface area contributed by atoms with Gasteiger partial charge in [0, 0.05) is 11.1 Å². The summed E-state index contributed by atoms with van der Waals surface area (Å²) >= 11 is 9.20. The van der Waals surface area contributed by atoms with E-state index in [0.717, 1.165) is 0 Å². The Labute approximate surface area is 143 Å². The summed E-state index contributed by atoms with van der Waals surface area (Å²) in [6.07, 6.45) is -0.746. The molecule has 22 heavy (non-hydrogen) atoms. The molecule has 0 radical (unpaired) electrons. The van der Waals surface area contributed by atoms with Crippen molar-refractivity contribution in [1.29, 1.82) is 0 Å². The summed E-state index contributed by atoms with van der Waals surface area (Å²) < 4.78 is 10.9. The largest absolute Gasteiger partial charge is 0.480 e. The van der Waals surface area contributed by atoms with Crippen LogP contribution < -0.4 is 4.74 Å². The highest BCUT2D eigenvalue weighted by Crippen LogP contribution is 2.29. The second kappa shape index (κ2) is 8.39. The highest BCUT2D eigenvalue weighted by molar-refractivity contribution is 9.10. The first-order valence-corrected chi connectivity index (χ1v) is 7.92. The predicted molar refractivity (Wildman–Crippen MR) is 88.1 cm³/mol. The molecule has 1 rings (SSSR count). The molecule has 0 fully saturated rings. The van der Waals surface area contributed by atoms with Crippen LogP contribution in [0.2, 0.25) is 5.02 Å². The van der Waals surface area contributed by atoms with Crippen molar-refractivity contribution in [2.24, 2.45) is 0 Å². The van der Waals surface area contributed by atoms with Gasteiger partial charge in [-0.15, -0.1) is 0 Å². The Morgan fingerprint density at radius 1 is 1.32 bits per heavy atom. The van der Waals surface area contributed by atoms with Crippen LogP contribution in [-0.4, -0.2) is 42.6 Å². The van der Waals surface area contributed by atoms with Gasteiger partial charge in [0.15, 0.2) is 6.10 Å². The summed E-state index contributed by atoms with van der Waals surface area (Å²) in [5.41, 5.74) is 0. The van der Waals surface area contributed by atoms with Crippen LogP contribution in [0, 0.1) is 0 Å². The zero-order chi connectivity index (χ0) is 16.9. The van der Waals surface area contributed by atoms with Gasteiger partial charge >= 0.3 is 5.97 Å². The number of rotatable bonds is 6. The maximum atomic E-state index is 12.5. The van der Waals surface area contributed by atoms with Gasteiger partial charge in [0.2, 0.25) is 0 Å². The standard InChI is InChI=1S/C15H19BrClNO4/c1-9(2)18(8-14(19)21-4)15(20)10(3)22-13-6-5-11(17)7-12(13)16/h5-7,9-10H,8H2,1-4H3. The van der Waals surface area contributed by atoms with E-state index < -0.39 is 12.1 Å². The molecule has 0 aliphatic rings. The molecular formula is C15H19BrClNO4. The second-order valence-electron chi connectivity index (χ2n) is 4.97. The summed E-state index contributed by atoms with van der Waals surface area (Å²) in [6.45, 7) is 5.18. The number of hydrogen-bond donors (Lipinski definition) is 0. The van der Waals surface area contributed by atoms with Crippen LogP contribution >= 0.6 is 27.5 Å². The maximum Gasteiger partial charge on any atom is 0.325 e. The summed E-state index contributed by atoms with van der Waals surface area (Å²) in [5, 5.41) is 0.563. The number of esters is 1. The van der Waals surface area contributed by atoms with Crippen molar-refractivity contribution in [2.45, 2.75) is 32.9 Å². The average molecular weight is 393 g/mol. The van der Waals surface area contributed by atoms with E-state index in [2.05, 4.69) is 20.7 Å². The molecule has 0 bridgehead atoms. The van der Waals surface area contributed by atoms with Crippen LogP contribution in [0.25, 0.3) is 0 Å². The van der Waals surface area contributed by atoms with E-state index in [9.17, 15) is 9.59 Å². The third kappa shape index (κ3) is 5.18. The van der Waals surface area contributed by atoms with E-state index in [4.69, 9.17) is 16.3 Å². The number of carbonyl (C=O) groups excluding carboxylic acids is 2. The van der Waals surface area contributed by atoms with E-state index in [-0.39, 0.29) is 18.5 Å². The van der Waals surface area contributed by atoms with Crippen molar-refractivity contribution in [3.63, 3.8) is 0 Å². The molecule has 1 aromatic carbocycles. The summed E-state index contributed by atoms with van der Waals surface area (Å²) in [5.74, 6) is -0.254. The predicted octanol–water partition coefficient (Wildman–Crippen LogP) is 3.28. The minimum atomic E-state index is -0.746. The molecule has 7 heteroatoms. The van der Waals surface area contributed by atoms with Gasteiger partial charge in [0.25, 0.3) is 5.91 Å². The number of benzene rings is 1. The van der Waals surface area contributed by atoms with Gasteiger partial charge < -0.3 is 14.4 Å². The Morgan fingerprint density at radius 2 is 1.95 bits per heavy atom. The number of ether oxygens (including phenoxy) is 2. The highest BCUT2D eigenvalue weighted by Gasteiger charge is 2.26. The first-order chi connectivity index (χ1) is 10.3. The molecule has 0 N–H and O–H groups in total. The molecule has 1 aromatic rings. The highest BCUT2D eigenvalue weighted by atomic mass is 79.9. The Kier molecular flexibility index (Phi) is 7.16. The number of nitrogens with zero attached hydrogens (tertiary/aromatic N) is 1. The first kappa shape index (κ1) is 18.8. The maximum absolute atomic E-state index is 12.5. The third-order valence-electron chi connectivity index (χ3n) is 2.98. The van der Waals surface area contributed by atoms with Crippen molar-refractivity contribution in [3.8, 4) is 5.75 Å². The van der Waals surface area contributed by atoms with Gasteiger partial charge in [-0.1, -0.05) is 11.6 Å². The van der Waals surface area contributed by atoms with Gasteiger partial charge in [-0.05, 0) is 54.9 Å². The minimum absolute atomic E-state index is 0.109. The van der Waals surface area contributed by atoms with Gasteiger partial charge in [-0.25, -0.2) is 0 Å². The zero-order valence-electron chi connectivity index (χ0n) is 12.9. The smallest absolute Gasteiger partial charge is 0.325 e. The summed E-state index contributed by atoms with van der Waals surface area (Å²) in [6, 6.07) is 4.89. The zero-order valence-corrected chi connectivity index (χ0v) is 15.3. The second-order valence-corrected chi connectivity index (χ2v) is 6.26. The van der Waals surface area contributed by atoms with Crippen molar-refractivity contribution in [3.05, 3.63) is 27.7 Å². The molecule has 1 unspecified atom stereocenters. The number of methoxy groups -OCH3 is 1. The van der Waals surface area contributed by atoms with E-state index in [0.29, 0.717) is 15.2 Å². The molecule has 0 saturated carbocycles. The fraction of sp³-hybridized carbons (Fsp3) is 0.467. The quantitative estimate of drug-likeness (QED) is 0.697. The van der Waals surface area contributed by atoms with Crippen molar-refractivity contribution in [2.75, 3.05) is 13.7 Å². The number of amides is 1. The summed E-state index contributed by atoms with van der Waals surface area (Å²) in [7, 11) is 1.29. The molecule has 1 amide bonds. The van der Waals surface area contributed by atoms with Gasteiger partial charge in [0.05, 0.1) is 11.6 Å². The molecule has 1 atom stereocenters. The van der Waals surface area contributed by atoms with Crippen molar-refractivity contribution >= 4 is 39.4 Å². The third-order valence-corrected chi connectivity index (χ3v) is 3.83. The average Bonchev–Trinajstić information content (AvgIpc) is 2.46. The molecule has 0 spiro atoms. The SMILES string of the molecule is COC(=O)CN(C(=O)C(C)Oc1ccc(Cl)cc1Br)C(C)C. The van der Waals surface area contributed by atoms with Crippen LogP contribution in [0.5, 0.6) is 5.75 Å². The number of hydrogen-bond acceptors (Lipinski definition) is 4. The molecule has 0 saturated heterocycles. The lowest BCUT2D eigenvalue weighted by Gasteiger charge is -2.28. The van der Waals surface area contributed by atoms with E-state index in [1.54, 1.807) is 25.1 Å². The summed E-state index contributed by atoms with van der Waals surface area (Å²) in [4.78, 5) is 25.3. The number of halogens is 2. The molecule has 0 aliphatic heterocycles. The minimum Gasteiger partial charge on any atom is -0.480 e. The van der Waals surface area contributed by atoms with E-state index in [1.807, 2.05) is 13.8 Å². The molecule has 0 heterocycles. The molecule has 5 nitrogen and oxygen atoms in total. The Morgan fingerprint density at radius 3 is 2.45 bits per heavy atom. The van der Waals surface area contributed by atoms with Crippen LogP contribution in [0.4, 0.5) is 0 Å². The van der Waals surface area contributed by atoms with Gasteiger partial charge in [-0.3, -0.25) is 9.59 Å². The molecule has 0 aliphatic carbocycles. The van der Waals surface area contributed by atoms with Gasteiger partial charge in [-0.2, -0.15) is 0 Å². The monoisotopic (exact) mass is 391 g/mol. The fourth-order valence-electron chi connectivity index (χ4n) is 1.76. The van der Waals surface area contributed by atoms with Gasteiger partial charge in [0.1, 0.15) is 12.3 Å². The Hall–Kier alpha value is -1.27. The Balaban J connectivity index is 2.82. The normalized spacial score (nSPS) is 12.0.